The molecule has 3 rings (SSSR count). The van der Waals surface area contributed by atoms with E-state index in [2.05, 4.69) is 15.2 Å². The predicted molar refractivity (Wildman–Crippen MR) is 109 cm³/mol. The number of thiophene rings is 1. The number of amides is 1. The van der Waals surface area contributed by atoms with Gasteiger partial charge in [0.1, 0.15) is 21.4 Å². The fourth-order valence-corrected chi connectivity index (χ4v) is 4.70. The van der Waals surface area contributed by atoms with Crippen LogP contribution in [-0.4, -0.2) is 19.5 Å². The predicted octanol–water partition coefficient (Wildman–Crippen LogP) is 3.79. The highest BCUT2D eigenvalue weighted by molar-refractivity contribution is 7.91. The van der Waals surface area contributed by atoms with Gasteiger partial charge in [-0.3, -0.25) is 4.79 Å². The van der Waals surface area contributed by atoms with Crippen molar-refractivity contribution in [2.45, 2.75) is 24.6 Å². The number of hydrogen-bond acceptors (Lipinski definition) is 6. The van der Waals surface area contributed by atoms with E-state index in [9.17, 15) is 17.6 Å². The van der Waals surface area contributed by atoms with Gasteiger partial charge in [-0.2, -0.15) is 0 Å². The molecule has 2 heterocycles. The summed E-state index contributed by atoms with van der Waals surface area (Å²) >= 11 is 1.08. The SMILES string of the molecule is CC(=O)Nc1c(C)noc1/C=C/c1ccc(S(=O)(=O)NCc2ccc(F)cc2)s1. The monoisotopic (exact) mass is 435 g/mol. The zero-order valence-corrected chi connectivity index (χ0v) is 17.2. The molecule has 2 N–H and O–H groups in total. The number of anilines is 1. The van der Waals surface area contributed by atoms with Gasteiger partial charge < -0.3 is 9.84 Å². The number of aromatic nitrogens is 1. The van der Waals surface area contributed by atoms with Crippen molar-refractivity contribution in [3.8, 4) is 0 Å². The molecule has 0 spiro atoms. The van der Waals surface area contributed by atoms with E-state index >= 15 is 0 Å². The Bertz CT molecular complexity index is 1150. The smallest absolute Gasteiger partial charge is 0.250 e. The third-order valence-electron chi connectivity index (χ3n) is 3.84. The van der Waals surface area contributed by atoms with E-state index in [0.717, 1.165) is 11.3 Å². The number of nitrogens with one attached hydrogen (secondary N) is 2. The summed E-state index contributed by atoms with van der Waals surface area (Å²) in [4.78, 5) is 12.0. The first-order valence-corrected chi connectivity index (χ1v) is 10.8. The molecule has 0 unspecified atom stereocenters. The number of carbonyl (C=O) groups is 1. The zero-order valence-electron chi connectivity index (χ0n) is 15.6. The lowest BCUT2D eigenvalue weighted by Gasteiger charge is -2.04. The summed E-state index contributed by atoms with van der Waals surface area (Å²) in [5, 5.41) is 6.47. The van der Waals surface area contributed by atoms with Gasteiger partial charge >= 0.3 is 0 Å². The third-order valence-corrected chi connectivity index (χ3v) is 6.78. The van der Waals surface area contributed by atoms with Crippen molar-refractivity contribution >= 4 is 45.1 Å². The molecule has 0 aliphatic carbocycles. The molecule has 2 aromatic heterocycles. The maximum atomic E-state index is 12.9. The maximum absolute atomic E-state index is 12.9. The average molecular weight is 436 g/mol. The minimum atomic E-state index is -3.70. The first kappa shape index (κ1) is 20.9. The molecule has 1 amide bonds. The summed E-state index contributed by atoms with van der Waals surface area (Å²) in [7, 11) is -3.70. The molecule has 7 nitrogen and oxygen atoms in total. The van der Waals surface area contributed by atoms with Gasteiger partial charge in [-0.05, 0) is 48.9 Å². The Hall–Kier alpha value is -2.82. The minimum absolute atomic E-state index is 0.0586. The number of rotatable bonds is 7. The Morgan fingerprint density at radius 3 is 2.62 bits per heavy atom. The number of carbonyl (C=O) groups excluding carboxylic acids is 1. The molecule has 0 radical (unpaired) electrons. The van der Waals surface area contributed by atoms with Crippen molar-refractivity contribution in [1.29, 1.82) is 0 Å². The van der Waals surface area contributed by atoms with Crippen molar-refractivity contribution in [1.82, 2.24) is 9.88 Å². The molecule has 0 aliphatic rings. The van der Waals surface area contributed by atoms with E-state index in [4.69, 9.17) is 4.52 Å². The molecule has 0 aliphatic heterocycles. The Labute approximate surface area is 171 Å². The summed E-state index contributed by atoms with van der Waals surface area (Å²) < 4.78 is 45.7. The fraction of sp³-hybridized carbons (Fsp3) is 0.158. The second-order valence-electron chi connectivity index (χ2n) is 6.13. The van der Waals surface area contributed by atoms with Crippen molar-refractivity contribution in [2.75, 3.05) is 5.32 Å². The van der Waals surface area contributed by atoms with Crippen LogP contribution in [0.25, 0.3) is 12.2 Å². The lowest BCUT2D eigenvalue weighted by atomic mass is 10.2. The molecule has 1 aromatic carbocycles. The van der Waals surface area contributed by atoms with Crippen LogP contribution in [-0.2, 0) is 21.4 Å². The first-order chi connectivity index (χ1) is 13.7. The molecule has 0 saturated heterocycles. The Morgan fingerprint density at radius 2 is 1.93 bits per heavy atom. The Morgan fingerprint density at radius 1 is 1.21 bits per heavy atom. The number of hydrogen-bond donors (Lipinski definition) is 2. The summed E-state index contributed by atoms with van der Waals surface area (Å²) in [6.07, 6.45) is 3.29. The second-order valence-corrected chi connectivity index (χ2v) is 9.24. The van der Waals surface area contributed by atoms with Crippen molar-refractivity contribution in [2.24, 2.45) is 0 Å². The van der Waals surface area contributed by atoms with E-state index in [0.29, 0.717) is 27.6 Å². The second kappa shape index (κ2) is 8.68. The Kier molecular flexibility index (Phi) is 6.26. The van der Waals surface area contributed by atoms with Crippen LogP contribution >= 0.6 is 11.3 Å². The summed E-state index contributed by atoms with van der Waals surface area (Å²) in [6.45, 7) is 3.15. The summed E-state index contributed by atoms with van der Waals surface area (Å²) in [5.74, 6) is -0.262. The van der Waals surface area contributed by atoms with Gasteiger partial charge in [-0.15, -0.1) is 11.3 Å². The van der Waals surface area contributed by atoms with Gasteiger partial charge in [0.25, 0.3) is 0 Å². The van der Waals surface area contributed by atoms with E-state index in [1.807, 2.05) is 0 Å². The number of nitrogens with zero attached hydrogens (tertiary/aromatic N) is 1. The molecule has 0 atom stereocenters. The van der Waals surface area contributed by atoms with Crippen LogP contribution in [0.15, 0.2) is 45.1 Å². The number of halogens is 1. The highest BCUT2D eigenvalue weighted by Crippen LogP contribution is 2.26. The largest absolute Gasteiger partial charge is 0.354 e. The summed E-state index contributed by atoms with van der Waals surface area (Å²) in [5.41, 5.74) is 1.66. The molecular formula is C19H18FN3O4S2. The first-order valence-electron chi connectivity index (χ1n) is 8.50. The van der Waals surface area contributed by atoms with E-state index in [1.165, 1.54) is 37.3 Å². The highest BCUT2D eigenvalue weighted by Gasteiger charge is 2.16. The lowest BCUT2D eigenvalue weighted by Crippen LogP contribution is -2.22. The van der Waals surface area contributed by atoms with Crippen LogP contribution in [0.3, 0.4) is 0 Å². The minimum Gasteiger partial charge on any atom is -0.354 e. The quantitative estimate of drug-likeness (QED) is 0.588. The van der Waals surface area contributed by atoms with Crippen LogP contribution in [0.5, 0.6) is 0 Å². The van der Waals surface area contributed by atoms with Crippen LogP contribution in [0.4, 0.5) is 10.1 Å². The number of benzene rings is 1. The zero-order chi connectivity index (χ0) is 21.0. The van der Waals surface area contributed by atoms with E-state index < -0.39 is 10.0 Å². The standard InChI is InChI=1S/C19H18FN3O4S2/c1-12-19(22-13(2)24)17(27-23-12)9-7-16-8-10-18(28-16)29(25,26)21-11-14-3-5-15(20)6-4-14/h3-10,21H,11H2,1-2H3,(H,22,24)/b9-7+. The normalized spacial score (nSPS) is 11.8. The topological polar surface area (TPSA) is 101 Å². The number of aryl methyl sites for hydroxylation is 1. The highest BCUT2D eigenvalue weighted by atomic mass is 32.2. The molecule has 0 fully saturated rings. The number of sulfonamides is 1. The van der Waals surface area contributed by atoms with Crippen molar-refractivity contribution in [3.63, 3.8) is 0 Å². The van der Waals surface area contributed by atoms with Crippen LogP contribution in [0, 0.1) is 12.7 Å². The van der Waals surface area contributed by atoms with Crippen molar-refractivity contribution < 1.29 is 22.1 Å². The molecular weight excluding hydrogens is 417 g/mol. The van der Waals surface area contributed by atoms with Crippen LogP contribution in [0.2, 0.25) is 0 Å². The van der Waals surface area contributed by atoms with Gasteiger partial charge in [0.2, 0.25) is 15.9 Å². The van der Waals surface area contributed by atoms with Gasteiger partial charge in [0.05, 0.1) is 0 Å². The molecule has 152 valence electrons. The molecule has 3 aromatic rings. The van der Waals surface area contributed by atoms with Crippen LogP contribution in [0.1, 0.15) is 28.8 Å². The van der Waals surface area contributed by atoms with Crippen molar-refractivity contribution in [3.05, 3.63) is 64.1 Å². The van der Waals surface area contributed by atoms with E-state index in [1.54, 1.807) is 25.1 Å². The molecule has 29 heavy (non-hydrogen) atoms. The third kappa shape index (κ3) is 5.37. The molecule has 0 bridgehead atoms. The average Bonchev–Trinajstić information content (AvgIpc) is 3.28. The lowest BCUT2D eigenvalue weighted by molar-refractivity contribution is -0.114. The van der Waals surface area contributed by atoms with Gasteiger partial charge in [0, 0.05) is 18.3 Å². The van der Waals surface area contributed by atoms with E-state index in [-0.39, 0.29) is 22.5 Å². The van der Waals surface area contributed by atoms with Gasteiger partial charge in [-0.25, -0.2) is 17.5 Å². The molecule has 10 heteroatoms. The summed E-state index contributed by atoms with van der Waals surface area (Å²) in [6, 6.07) is 8.75. The van der Waals surface area contributed by atoms with Gasteiger partial charge in [0.15, 0.2) is 5.76 Å². The Balaban J connectivity index is 1.70. The van der Waals surface area contributed by atoms with Crippen LogP contribution < -0.4 is 10.0 Å². The fourth-order valence-electron chi connectivity index (χ4n) is 2.41. The maximum Gasteiger partial charge on any atom is 0.250 e. The van der Waals surface area contributed by atoms with Gasteiger partial charge in [-0.1, -0.05) is 17.3 Å². The molecule has 0 saturated carbocycles.